The van der Waals surface area contributed by atoms with Gasteiger partial charge in [0.05, 0.1) is 16.6 Å². The molecule has 27 heavy (non-hydrogen) atoms. The van der Waals surface area contributed by atoms with Crippen molar-refractivity contribution in [2.45, 2.75) is 39.5 Å². The van der Waals surface area contributed by atoms with Crippen molar-refractivity contribution >= 4 is 44.2 Å². The number of benzene rings is 2. The molecule has 1 heterocycles. The fraction of sp³-hybridized carbons (Fsp3) is 0.286. The normalized spacial score (nSPS) is 11.4. The highest BCUT2D eigenvalue weighted by Crippen LogP contribution is 2.31. The van der Waals surface area contributed by atoms with Crippen LogP contribution in [-0.2, 0) is 21.4 Å². The molecule has 140 valence electrons. The van der Waals surface area contributed by atoms with Crippen LogP contribution in [0.2, 0.25) is 0 Å². The second-order valence-corrected chi connectivity index (χ2v) is 8.59. The van der Waals surface area contributed by atoms with Gasteiger partial charge in [-0.05, 0) is 40.8 Å². The van der Waals surface area contributed by atoms with Crippen molar-refractivity contribution in [2.75, 3.05) is 10.6 Å². The number of hydrogen-bond acceptors (Lipinski definition) is 4. The largest absolute Gasteiger partial charge is 0.326 e. The first-order chi connectivity index (χ1) is 12.7. The summed E-state index contributed by atoms with van der Waals surface area (Å²) in [5.74, 6) is -0.233. The lowest BCUT2D eigenvalue weighted by Gasteiger charge is -2.18. The van der Waals surface area contributed by atoms with Gasteiger partial charge in [-0.2, -0.15) is 0 Å². The van der Waals surface area contributed by atoms with Crippen molar-refractivity contribution in [1.29, 1.82) is 0 Å². The Morgan fingerprint density at radius 2 is 1.74 bits per heavy atom. The SMILES string of the molecule is CC(=O)Nc1ccc(CC(=O)Nc2nc3ccc(C(C)(C)C)cc3s2)cc1. The molecular formula is C21H23N3O2S. The molecule has 2 amide bonds. The van der Waals surface area contributed by atoms with Gasteiger partial charge < -0.3 is 10.6 Å². The van der Waals surface area contributed by atoms with Crippen LogP contribution in [0.4, 0.5) is 10.8 Å². The van der Waals surface area contributed by atoms with Crippen molar-refractivity contribution in [3.63, 3.8) is 0 Å². The van der Waals surface area contributed by atoms with Crippen LogP contribution in [0.3, 0.4) is 0 Å². The number of fused-ring (bicyclic) bond motifs is 1. The van der Waals surface area contributed by atoms with Crippen LogP contribution >= 0.6 is 11.3 Å². The summed E-state index contributed by atoms with van der Waals surface area (Å²) in [6, 6.07) is 13.5. The predicted molar refractivity (Wildman–Crippen MR) is 111 cm³/mol. The van der Waals surface area contributed by atoms with E-state index in [1.807, 2.05) is 18.2 Å². The molecule has 0 spiro atoms. The smallest absolute Gasteiger partial charge is 0.230 e. The number of rotatable bonds is 4. The van der Waals surface area contributed by atoms with Crippen molar-refractivity contribution in [3.8, 4) is 0 Å². The minimum atomic E-state index is -0.119. The zero-order valence-corrected chi connectivity index (χ0v) is 16.7. The summed E-state index contributed by atoms with van der Waals surface area (Å²) in [7, 11) is 0. The minimum absolute atomic E-state index is 0.0744. The summed E-state index contributed by atoms with van der Waals surface area (Å²) in [6.07, 6.45) is 0.253. The van der Waals surface area contributed by atoms with Crippen LogP contribution in [0.25, 0.3) is 10.2 Å². The Kier molecular flexibility index (Phi) is 5.28. The molecule has 5 nitrogen and oxygen atoms in total. The maximum atomic E-state index is 12.3. The van der Waals surface area contributed by atoms with Gasteiger partial charge in [-0.25, -0.2) is 4.98 Å². The number of hydrogen-bond donors (Lipinski definition) is 2. The maximum Gasteiger partial charge on any atom is 0.230 e. The van der Waals surface area contributed by atoms with E-state index >= 15 is 0 Å². The molecule has 0 saturated heterocycles. The van der Waals surface area contributed by atoms with E-state index in [0.29, 0.717) is 10.8 Å². The van der Waals surface area contributed by atoms with E-state index in [9.17, 15) is 9.59 Å². The number of carbonyl (C=O) groups excluding carboxylic acids is 2. The van der Waals surface area contributed by atoms with E-state index < -0.39 is 0 Å². The Bertz CT molecular complexity index is 985. The molecule has 0 aliphatic rings. The third-order valence-electron chi connectivity index (χ3n) is 4.14. The molecule has 0 fully saturated rings. The number of anilines is 2. The summed E-state index contributed by atoms with van der Waals surface area (Å²) < 4.78 is 1.07. The number of thiazole rings is 1. The lowest BCUT2D eigenvalue weighted by atomic mass is 9.87. The molecule has 2 N–H and O–H groups in total. The van der Waals surface area contributed by atoms with E-state index in [-0.39, 0.29) is 23.7 Å². The van der Waals surface area contributed by atoms with Crippen LogP contribution in [-0.4, -0.2) is 16.8 Å². The molecule has 6 heteroatoms. The lowest BCUT2D eigenvalue weighted by Crippen LogP contribution is -2.14. The highest BCUT2D eigenvalue weighted by Gasteiger charge is 2.15. The summed E-state index contributed by atoms with van der Waals surface area (Å²) in [5.41, 5.74) is 3.80. The summed E-state index contributed by atoms with van der Waals surface area (Å²) in [4.78, 5) is 27.9. The molecule has 0 bridgehead atoms. The van der Waals surface area contributed by atoms with Gasteiger partial charge in [0.2, 0.25) is 11.8 Å². The molecule has 3 aromatic rings. The van der Waals surface area contributed by atoms with Crippen molar-refractivity contribution in [1.82, 2.24) is 4.98 Å². The van der Waals surface area contributed by atoms with E-state index in [2.05, 4.69) is 48.5 Å². The zero-order valence-electron chi connectivity index (χ0n) is 15.9. The van der Waals surface area contributed by atoms with E-state index in [1.165, 1.54) is 23.8 Å². The van der Waals surface area contributed by atoms with Gasteiger partial charge in [0, 0.05) is 12.6 Å². The molecule has 0 atom stereocenters. The molecule has 0 radical (unpaired) electrons. The van der Waals surface area contributed by atoms with Crippen molar-refractivity contribution in [2.24, 2.45) is 0 Å². The third-order valence-corrected chi connectivity index (χ3v) is 5.07. The van der Waals surface area contributed by atoms with Gasteiger partial charge in [0.15, 0.2) is 5.13 Å². The highest BCUT2D eigenvalue weighted by atomic mass is 32.1. The maximum absolute atomic E-state index is 12.3. The molecule has 0 saturated carbocycles. The number of amides is 2. The first kappa shape index (κ1) is 19.0. The van der Waals surface area contributed by atoms with Crippen molar-refractivity contribution in [3.05, 3.63) is 53.6 Å². The van der Waals surface area contributed by atoms with Gasteiger partial charge in [-0.15, -0.1) is 0 Å². The highest BCUT2D eigenvalue weighted by molar-refractivity contribution is 7.22. The quantitative estimate of drug-likeness (QED) is 0.686. The predicted octanol–water partition coefficient (Wildman–Crippen LogP) is 4.73. The first-order valence-electron chi connectivity index (χ1n) is 8.78. The van der Waals surface area contributed by atoms with Gasteiger partial charge >= 0.3 is 0 Å². The lowest BCUT2D eigenvalue weighted by molar-refractivity contribution is -0.116. The van der Waals surface area contributed by atoms with Gasteiger partial charge in [-0.3, -0.25) is 9.59 Å². The third kappa shape index (κ3) is 4.92. The molecule has 3 rings (SSSR count). The van der Waals surface area contributed by atoms with Crippen LogP contribution in [0.1, 0.15) is 38.8 Å². The van der Waals surface area contributed by atoms with Crippen LogP contribution in [0, 0.1) is 0 Å². The minimum Gasteiger partial charge on any atom is -0.326 e. The molecular weight excluding hydrogens is 358 g/mol. The fourth-order valence-corrected chi connectivity index (χ4v) is 3.62. The molecule has 2 aromatic carbocycles. The molecule has 0 aliphatic carbocycles. The van der Waals surface area contributed by atoms with Crippen LogP contribution in [0.5, 0.6) is 0 Å². The Morgan fingerprint density at radius 3 is 2.37 bits per heavy atom. The second kappa shape index (κ2) is 7.48. The number of carbonyl (C=O) groups is 2. The summed E-state index contributed by atoms with van der Waals surface area (Å²) >= 11 is 1.49. The van der Waals surface area contributed by atoms with Gasteiger partial charge in [-0.1, -0.05) is 50.3 Å². The molecule has 0 aliphatic heterocycles. The second-order valence-electron chi connectivity index (χ2n) is 7.55. The Labute approximate surface area is 162 Å². The number of aromatic nitrogens is 1. The van der Waals surface area contributed by atoms with Gasteiger partial charge in [0.1, 0.15) is 0 Å². The van der Waals surface area contributed by atoms with Gasteiger partial charge in [0.25, 0.3) is 0 Å². The number of nitrogens with one attached hydrogen (secondary N) is 2. The van der Waals surface area contributed by atoms with E-state index in [0.717, 1.165) is 15.8 Å². The standard InChI is InChI=1S/C21H23N3O2S/c1-13(25)22-16-8-5-14(6-9-16)11-19(26)24-20-23-17-10-7-15(21(2,3)4)12-18(17)27-20/h5-10,12H,11H2,1-4H3,(H,22,25)(H,23,24,26). The monoisotopic (exact) mass is 381 g/mol. The fourth-order valence-electron chi connectivity index (χ4n) is 2.70. The summed E-state index contributed by atoms with van der Waals surface area (Å²) in [5, 5.41) is 6.20. The Hall–Kier alpha value is -2.73. The van der Waals surface area contributed by atoms with Crippen molar-refractivity contribution < 1.29 is 9.59 Å². The average Bonchev–Trinajstić information content (AvgIpc) is 2.96. The molecule has 0 unspecified atom stereocenters. The number of nitrogens with zero attached hydrogens (tertiary/aromatic N) is 1. The van der Waals surface area contributed by atoms with E-state index in [4.69, 9.17) is 0 Å². The Balaban J connectivity index is 1.67. The van der Waals surface area contributed by atoms with E-state index in [1.54, 1.807) is 12.1 Å². The average molecular weight is 382 g/mol. The summed E-state index contributed by atoms with van der Waals surface area (Å²) in [6.45, 7) is 7.99. The Morgan fingerprint density at radius 1 is 1.04 bits per heavy atom. The zero-order chi connectivity index (χ0) is 19.6. The van der Waals surface area contributed by atoms with Crippen LogP contribution in [0.15, 0.2) is 42.5 Å². The molecule has 1 aromatic heterocycles. The first-order valence-corrected chi connectivity index (χ1v) is 9.60. The topological polar surface area (TPSA) is 71.1 Å². The van der Waals surface area contributed by atoms with Crippen LogP contribution < -0.4 is 10.6 Å².